The van der Waals surface area contributed by atoms with Crippen LogP contribution in [0.3, 0.4) is 0 Å². The van der Waals surface area contributed by atoms with E-state index in [2.05, 4.69) is 28.0 Å². The van der Waals surface area contributed by atoms with Gasteiger partial charge in [-0.3, -0.25) is 9.48 Å². The van der Waals surface area contributed by atoms with E-state index in [0.717, 1.165) is 28.8 Å². The highest BCUT2D eigenvalue weighted by molar-refractivity contribution is 9.10. The number of hydrogen-bond acceptors (Lipinski definition) is 3. The third-order valence-electron chi connectivity index (χ3n) is 2.89. The van der Waals surface area contributed by atoms with Crippen LogP contribution in [0.2, 0.25) is 0 Å². The van der Waals surface area contributed by atoms with Gasteiger partial charge in [-0.2, -0.15) is 5.10 Å². The molecular weight excluding hydrogens is 282 g/mol. The second kappa shape index (κ2) is 6.31. The van der Waals surface area contributed by atoms with Crippen molar-refractivity contribution < 1.29 is 4.79 Å². The van der Waals surface area contributed by atoms with Gasteiger partial charge in [0, 0.05) is 6.54 Å². The molecule has 0 aliphatic carbocycles. The molecule has 0 fully saturated rings. The van der Waals surface area contributed by atoms with Gasteiger partial charge in [0.15, 0.2) is 5.78 Å². The van der Waals surface area contributed by atoms with Crippen molar-refractivity contribution in [3.63, 3.8) is 0 Å². The minimum atomic E-state index is -0.368. The van der Waals surface area contributed by atoms with Crippen LogP contribution in [0.25, 0.3) is 0 Å². The summed E-state index contributed by atoms with van der Waals surface area (Å²) in [5.41, 5.74) is 7.69. The summed E-state index contributed by atoms with van der Waals surface area (Å²) < 4.78 is 2.84. The van der Waals surface area contributed by atoms with E-state index < -0.39 is 0 Å². The van der Waals surface area contributed by atoms with Gasteiger partial charge in [0.05, 0.1) is 28.3 Å². The minimum absolute atomic E-state index is 0.0745. The highest BCUT2D eigenvalue weighted by Gasteiger charge is 2.19. The molecule has 1 atom stereocenters. The lowest BCUT2D eigenvalue weighted by Gasteiger charge is -2.09. The molecule has 1 aromatic rings. The Morgan fingerprint density at radius 1 is 1.47 bits per heavy atom. The number of ketones is 1. The molecule has 4 nitrogen and oxygen atoms in total. The van der Waals surface area contributed by atoms with Crippen LogP contribution in [0.4, 0.5) is 0 Å². The number of rotatable bonds is 6. The molecule has 0 saturated carbocycles. The second-order valence-corrected chi connectivity index (χ2v) is 4.83. The minimum Gasteiger partial charge on any atom is -0.322 e. The monoisotopic (exact) mass is 301 g/mol. The SMILES string of the molecule is CCc1nn(CC)c(CC(=O)C(N)CC)c1Br. The van der Waals surface area contributed by atoms with Crippen molar-refractivity contribution in [1.82, 2.24) is 9.78 Å². The zero-order valence-electron chi connectivity index (χ0n) is 10.7. The molecule has 5 heteroatoms. The number of nitrogens with zero attached hydrogens (tertiary/aromatic N) is 2. The molecule has 0 bridgehead atoms. The highest BCUT2D eigenvalue weighted by atomic mass is 79.9. The molecule has 0 amide bonds. The molecule has 0 aromatic carbocycles. The van der Waals surface area contributed by atoms with E-state index in [-0.39, 0.29) is 11.8 Å². The van der Waals surface area contributed by atoms with E-state index >= 15 is 0 Å². The lowest BCUT2D eigenvalue weighted by molar-refractivity contribution is -0.119. The van der Waals surface area contributed by atoms with Crippen LogP contribution in [-0.4, -0.2) is 21.6 Å². The van der Waals surface area contributed by atoms with Gasteiger partial charge < -0.3 is 5.73 Å². The van der Waals surface area contributed by atoms with Gasteiger partial charge in [0.2, 0.25) is 0 Å². The molecule has 0 saturated heterocycles. The van der Waals surface area contributed by atoms with Gasteiger partial charge in [-0.1, -0.05) is 13.8 Å². The van der Waals surface area contributed by atoms with Crippen molar-refractivity contribution in [2.45, 2.75) is 52.6 Å². The van der Waals surface area contributed by atoms with E-state index in [1.165, 1.54) is 0 Å². The average Bonchev–Trinajstić information content (AvgIpc) is 2.65. The number of halogens is 1. The lowest BCUT2D eigenvalue weighted by Crippen LogP contribution is -2.31. The van der Waals surface area contributed by atoms with Crippen molar-refractivity contribution in [3.8, 4) is 0 Å². The number of carbonyl (C=O) groups is 1. The second-order valence-electron chi connectivity index (χ2n) is 4.03. The predicted molar refractivity (Wildman–Crippen MR) is 72.0 cm³/mol. The molecule has 1 unspecified atom stereocenters. The molecule has 2 N–H and O–H groups in total. The standard InChI is InChI=1S/C12H20BrN3O/c1-4-8(14)11(17)7-10-12(13)9(5-2)15-16(10)6-3/h8H,4-7,14H2,1-3H3. The predicted octanol–water partition coefficient (Wildman–Crippen LogP) is 2.08. The summed E-state index contributed by atoms with van der Waals surface area (Å²) >= 11 is 3.53. The summed E-state index contributed by atoms with van der Waals surface area (Å²) in [6, 6.07) is -0.368. The molecule has 0 aliphatic heterocycles. The number of aromatic nitrogens is 2. The van der Waals surface area contributed by atoms with E-state index in [4.69, 9.17) is 5.73 Å². The van der Waals surface area contributed by atoms with Crippen LogP contribution in [-0.2, 0) is 24.2 Å². The van der Waals surface area contributed by atoms with Crippen molar-refractivity contribution in [3.05, 3.63) is 15.9 Å². The number of Topliss-reactive ketones (excluding diaryl/α,β-unsaturated/α-hetero) is 1. The molecule has 1 heterocycles. The first-order valence-electron chi connectivity index (χ1n) is 6.07. The Hall–Kier alpha value is -0.680. The fourth-order valence-corrected chi connectivity index (χ4v) is 2.41. The molecule has 96 valence electrons. The summed E-state index contributed by atoms with van der Waals surface area (Å²) in [6.07, 6.45) is 1.89. The summed E-state index contributed by atoms with van der Waals surface area (Å²) in [6.45, 7) is 6.76. The molecule has 0 radical (unpaired) electrons. The van der Waals surface area contributed by atoms with Crippen LogP contribution in [0.1, 0.15) is 38.6 Å². The Bertz CT molecular complexity index is 401. The van der Waals surface area contributed by atoms with Crippen molar-refractivity contribution in [2.24, 2.45) is 5.73 Å². The lowest BCUT2D eigenvalue weighted by atomic mass is 10.1. The van der Waals surface area contributed by atoms with Gasteiger partial charge in [0.1, 0.15) is 0 Å². The molecular formula is C12H20BrN3O. The zero-order valence-corrected chi connectivity index (χ0v) is 12.2. The smallest absolute Gasteiger partial charge is 0.155 e. The maximum Gasteiger partial charge on any atom is 0.155 e. The Morgan fingerprint density at radius 3 is 2.59 bits per heavy atom. The molecule has 17 heavy (non-hydrogen) atoms. The summed E-state index contributed by atoms with van der Waals surface area (Å²) in [5.74, 6) is 0.0745. The molecule has 0 aliphatic rings. The van der Waals surface area contributed by atoms with Crippen molar-refractivity contribution >= 4 is 21.7 Å². The van der Waals surface area contributed by atoms with Crippen LogP contribution < -0.4 is 5.73 Å². The summed E-state index contributed by atoms with van der Waals surface area (Å²) in [4.78, 5) is 11.9. The van der Waals surface area contributed by atoms with Gasteiger partial charge in [0.25, 0.3) is 0 Å². The van der Waals surface area contributed by atoms with Gasteiger partial charge in [-0.25, -0.2) is 0 Å². The highest BCUT2D eigenvalue weighted by Crippen LogP contribution is 2.23. The number of hydrogen-bond donors (Lipinski definition) is 1. The quantitative estimate of drug-likeness (QED) is 0.875. The Labute approximate surface area is 111 Å². The maximum absolute atomic E-state index is 11.9. The van der Waals surface area contributed by atoms with Gasteiger partial charge in [-0.15, -0.1) is 0 Å². The van der Waals surface area contributed by atoms with Crippen molar-refractivity contribution in [1.29, 1.82) is 0 Å². The normalized spacial score (nSPS) is 12.8. The van der Waals surface area contributed by atoms with E-state index in [0.29, 0.717) is 12.8 Å². The molecule has 1 aromatic heterocycles. The van der Waals surface area contributed by atoms with Crippen LogP contribution >= 0.6 is 15.9 Å². The van der Waals surface area contributed by atoms with Crippen LogP contribution in [0.5, 0.6) is 0 Å². The Balaban J connectivity index is 2.97. The van der Waals surface area contributed by atoms with E-state index in [1.807, 2.05) is 18.5 Å². The average molecular weight is 302 g/mol. The first-order valence-corrected chi connectivity index (χ1v) is 6.86. The van der Waals surface area contributed by atoms with E-state index in [9.17, 15) is 4.79 Å². The topological polar surface area (TPSA) is 60.9 Å². The Kier molecular flexibility index (Phi) is 5.33. The number of aryl methyl sites for hydroxylation is 2. The summed E-state index contributed by atoms with van der Waals surface area (Å²) in [7, 11) is 0. The number of nitrogens with two attached hydrogens (primary N) is 1. The third kappa shape index (κ3) is 3.16. The number of carbonyl (C=O) groups excluding carboxylic acids is 1. The fraction of sp³-hybridized carbons (Fsp3) is 0.667. The molecule has 0 spiro atoms. The third-order valence-corrected chi connectivity index (χ3v) is 3.80. The Morgan fingerprint density at radius 2 is 2.12 bits per heavy atom. The first kappa shape index (κ1) is 14.4. The van der Waals surface area contributed by atoms with E-state index in [1.54, 1.807) is 0 Å². The zero-order chi connectivity index (χ0) is 13.0. The van der Waals surface area contributed by atoms with Crippen LogP contribution in [0.15, 0.2) is 4.47 Å². The first-order chi connectivity index (χ1) is 8.04. The van der Waals surface area contributed by atoms with Gasteiger partial charge >= 0.3 is 0 Å². The van der Waals surface area contributed by atoms with Crippen LogP contribution in [0, 0.1) is 0 Å². The summed E-state index contributed by atoms with van der Waals surface area (Å²) in [5, 5.41) is 4.46. The van der Waals surface area contributed by atoms with Crippen molar-refractivity contribution in [2.75, 3.05) is 0 Å². The fourth-order valence-electron chi connectivity index (χ4n) is 1.71. The molecule has 1 rings (SSSR count). The van der Waals surface area contributed by atoms with Gasteiger partial charge in [-0.05, 0) is 35.7 Å². The maximum atomic E-state index is 11.9. The largest absolute Gasteiger partial charge is 0.322 e.